The lowest BCUT2D eigenvalue weighted by Gasteiger charge is -2.34. The topological polar surface area (TPSA) is 102 Å². The molecule has 1 fully saturated rings. The van der Waals surface area contributed by atoms with Crippen LogP contribution in [0.3, 0.4) is 0 Å². The van der Waals surface area contributed by atoms with Gasteiger partial charge in [-0.2, -0.15) is 10.1 Å². The van der Waals surface area contributed by atoms with E-state index in [9.17, 15) is 4.79 Å². The molecule has 1 aliphatic heterocycles. The molecule has 0 unspecified atom stereocenters. The first-order chi connectivity index (χ1) is 15.4. The predicted octanol–water partition coefficient (Wildman–Crippen LogP) is 2.38. The van der Waals surface area contributed by atoms with Gasteiger partial charge in [0.25, 0.3) is 5.91 Å². The maximum Gasteiger partial charge on any atom is 0.322 e. The van der Waals surface area contributed by atoms with Gasteiger partial charge in [-0.05, 0) is 59.6 Å². The molecule has 3 heterocycles. The summed E-state index contributed by atoms with van der Waals surface area (Å²) in [5, 5.41) is 4.30. The fourth-order valence-electron chi connectivity index (χ4n) is 4.32. The van der Waals surface area contributed by atoms with Gasteiger partial charge in [0.05, 0.1) is 15.9 Å². The first kappa shape index (κ1) is 20.9. The zero-order valence-electron chi connectivity index (χ0n) is 18.0. The fraction of sp³-hybridized carbons (Fsp3) is 0.364. The summed E-state index contributed by atoms with van der Waals surface area (Å²) in [5.41, 5.74) is 10.3. The van der Waals surface area contributed by atoms with Crippen molar-refractivity contribution in [2.75, 3.05) is 38.1 Å². The summed E-state index contributed by atoms with van der Waals surface area (Å²) in [7, 11) is 3.93. The number of aromatic nitrogens is 4. The third-order valence-corrected chi connectivity index (χ3v) is 6.69. The number of benzene rings is 1. The highest BCUT2D eigenvalue weighted by Crippen LogP contribution is 2.36. The zero-order valence-corrected chi connectivity index (χ0v) is 19.6. The number of nitrogens with zero attached hydrogens (tertiary/aromatic N) is 6. The minimum atomic E-state index is -0.528. The lowest BCUT2D eigenvalue weighted by atomic mass is 9.93. The monoisotopic (exact) mass is 497 g/mol. The summed E-state index contributed by atoms with van der Waals surface area (Å²) < 4.78 is 8.52. The average Bonchev–Trinajstić information content (AvgIpc) is 3.13. The molecule has 0 radical (unpaired) electrons. The van der Waals surface area contributed by atoms with Crippen LogP contribution in [0.1, 0.15) is 21.6 Å². The molecule has 32 heavy (non-hydrogen) atoms. The minimum absolute atomic E-state index is 0.242. The van der Waals surface area contributed by atoms with E-state index in [2.05, 4.69) is 60.0 Å². The molecule has 1 amide bonds. The maximum atomic E-state index is 11.8. The number of rotatable bonds is 4. The summed E-state index contributed by atoms with van der Waals surface area (Å²) in [6.07, 6.45) is 3.18. The molecule has 5 rings (SSSR count). The smallest absolute Gasteiger partial charge is 0.322 e. The van der Waals surface area contributed by atoms with E-state index in [0.29, 0.717) is 17.9 Å². The predicted molar refractivity (Wildman–Crippen MR) is 124 cm³/mol. The molecule has 166 valence electrons. The molecular formula is C22H24BrN7O2. The second-order valence-corrected chi connectivity index (χ2v) is 9.05. The molecule has 9 nitrogen and oxygen atoms in total. The molecule has 1 saturated heterocycles. The van der Waals surface area contributed by atoms with Crippen LogP contribution in [0.5, 0.6) is 11.8 Å². The number of fused-ring (bicyclic) bond motifs is 3. The van der Waals surface area contributed by atoms with Gasteiger partial charge in [-0.1, -0.05) is 0 Å². The standard InChI is InChI=1S/C22H24BrN7O2/c1-28-7-9-30(10-8-28)14-4-6-17(16(23)11-14)32-22-25-12-13-3-5-15-19(21(24)31)27-29(2)20(15)18(13)26-22/h4,6,11-12H,3,5,7-10H2,1-2H3,(H2,24,31). The molecule has 2 N–H and O–H groups in total. The number of carbonyl (C=O) groups is 1. The van der Waals surface area contributed by atoms with Crippen molar-refractivity contribution >= 4 is 27.5 Å². The molecule has 0 spiro atoms. The van der Waals surface area contributed by atoms with Gasteiger partial charge in [-0.3, -0.25) is 9.48 Å². The van der Waals surface area contributed by atoms with Crippen molar-refractivity contribution in [2.24, 2.45) is 12.8 Å². The summed E-state index contributed by atoms with van der Waals surface area (Å²) in [6.45, 7) is 4.09. The first-order valence-corrected chi connectivity index (χ1v) is 11.3. The van der Waals surface area contributed by atoms with Crippen molar-refractivity contribution in [3.05, 3.63) is 45.7 Å². The highest BCUT2D eigenvalue weighted by atomic mass is 79.9. The number of piperazine rings is 1. The number of anilines is 1. The number of carbonyl (C=O) groups excluding carboxylic acids is 1. The van der Waals surface area contributed by atoms with Gasteiger partial charge in [0, 0.05) is 50.7 Å². The third kappa shape index (κ3) is 3.73. The van der Waals surface area contributed by atoms with E-state index >= 15 is 0 Å². The lowest BCUT2D eigenvalue weighted by Crippen LogP contribution is -2.44. The largest absolute Gasteiger partial charge is 0.423 e. The Morgan fingerprint density at radius 3 is 2.66 bits per heavy atom. The van der Waals surface area contributed by atoms with E-state index in [4.69, 9.17) is 10.5 Å². The molecule has 1 aliphatic carbocycles. The van der Waals surface area contributed by atoms with Crippen LogP contribution in [0.2, 0.25) is 0 Å². The Balaban J connectivity index is 1.42. The van der Waals surface area contributed by atoms with E-state index in [1.807, 2.05) is 6.07 Å². The van der Waals surface area contributed by atoms with Gasteiger partial charge >= 0.3 is 6.01 Å². The van der Waals surface area contributed by atoms with Crippen LogP contribution in [0.25, 0.3) is 11.4 Å². The number of aryl methyl sites for hydroxylation is 2. The van der Waals surface area contributed by atoms with Gasteiger partial charge in [0.15, 0.2) is 5.69 Å². The molecule has 0 bridgehead atoms. The van der Waals surface area contributed by atoms with Crippen molar-refractivity contribution in [2.45, 2.75) is 12.8 Å². The van der Waals surface area contributed by atoms with Crippen molar-refractivity contribution in [3.63, 3.8) is 0 Å². The van der Waals surface area contributed by atoms with E-state index in [1.165, 1.54) is 0 Å². The maximum absolute atomic E-state index is 11.8. The molecule has 0 atom stereocenters. The van der Waals surface area contributed by atoms with Gasteiger partial charge in [-0.15, -0.1) is 0 Å². The van der Waals surface area contributed by atoms with E-state index < -0.39 is 5.91 Å². The number of halogens is 1. The van der Waals surface area contributed by atoms with Crippen molar-refractivity contribution < 1.29 is 9.53 Å². The zero-order chi connectivity index (χ0) is 22.4. The highest BCUT2D eigenvalue weighted by molar-refractivity contribution is 9.10. The average molecular weight is 498 g/mol. The van der Waals surface area contributed by atoms with Gasteiger partial charge in [0.1, 0.15) is 5.75 Å². The molecule has 2 aliphatic rings. The second kappa shape index (κ2) is 8.18. The Morgan fingerprint density at radius 2 is 1.94 bits per heavy atom. The minimum Gasteiger partial charge on any atom is -0.423 e. The number of primary amides is 1. The second-order valence-electron chi connectivity index (χ2n) is 8.20. The fourth-order valence-corrected chi connectivity index (χ4v) is 4.77. The van der Waals surface area contributed by atoms with E-state index in [1.54, 1.807) is 17.9 Å². The molecule has 1 aromatic carbocycles. The summed E-state index contributed by atoms with van der Waals surface area (Å²) in [5.74, 6) is 0.113. The van der Waals surface area contributed by atoms with Crippen LogP contribution in [-0.2, 0) is 19.9 Å². The number of hydrogen-bond donors (Lipinski definition) is 1. The van der Waals surface area contributed by atoms with Crippen molar-refractivity contribution in [3.8, 4) is 23.1 Å². The van der Waals surface area contributed by atoms with Crippen LogP contribution in [0.15, 0.2) is 28.9 Å². The van der Waals surface area contributed by atoms with Crippen LogP contribution in [0.4, 0.5) is 5.69 Å². The van der Waals surface area contributed by atoms with E-state index in [0.717, 1.165) is 65.3 Å². The molecule has 10 heteroatoms. The van der Waals surface area contributed by atoms with Crippen LogP contribution >= 0.6 is 15.9 Å². The Labute approximate surface area is 194 Å². The molecular weight excluding hydrogens is 474 g/mol. The van der Waals surface area contributed by atoms with Gasteiger partial charge in [0.2, 0.25) is 0 Å². The SMILES string of the molecule is CN1CCN(c2ccc(Oc3ncc4c(n3)-c3c(c(C(N)=O)nn3C)CC4)c(Br)c2)CC1. The lowest BCUT2D eigenvalue weighted by molar-refractivity contribution is 0.0994. The Kier molecular flexibility index (Phi) is 5.34. The van der Waals surface area contributed by atoms with E-state index in [-0.39, 0.29) is 6.01 Å². The molecule has 0 saturated carbocycles. The normalized spacial score (nSPS) is 15.9. The first-order valence-electron chi connectivity index (χ1n) is 10.5. The van der Waals surface area contributed by atoms with Crippen molar-refractivity contribution in [1.29, 1.82) is 0 Å². The number of hydrogen-bond acceptors (Lipinski definition) is 7. The summed E-state index contributed by atoms with van der Waals surface area (Å²) in [4.78, 5) is 25.5. The number of amides is 1. The highest BCUT2D eigenvalue weighted by Gasteiger charge is 2.28. The summed E-state index contributed by atoms with van der Waals surface area (Å²) in [6, 6.07) is 6.30. The van der Waals surface area contributed by atoms with Crippen LogP contribution in [0, 0.1) is 0 Å². The van der Waals surface area contributed by atoms with Crippen LogP contribution < -0.4 is 15.4 Å². The molecule has 2 aromatic heterocycles. The Morgan fingerprint density at radius 1 is 1.16 bits per heavy atom. The molecule has 3 aromatic rings. The summed E-state index contributed by atoms with van der Waals surface area (Å²) >= 11 is 3.63. The van der Waals surface area contributed by atoms with Gasteiger partial charge < -0.3 is 20.3 Å². The number of likely N-dealkylation sites (N-methyl/N-ethyl adjacent to an activating group) is 1. The Hall–Kier alpha value is -2.98. The Bertz CT molecular complexity index is 1200. The number of nitrogens with two attached hydrogens (primary N) is 1. The third-order valence-electron chi connectivity index (χ3n) is 6.07. The number of ether oxygens (including phenoxy) is 1. The van der Waals surface area contributed by atoms with Gasteiger partial charge in [-0.25, -0.2) is 4.98 Å². The quantitative estimate of drug-likeness (QED) is 0.590. The van der Waals surface area contributed by atoms with Crippen molar-refractivity contribution in [1.82, 2.24) is 24.6 Å². The van der Waals surface area contributed by atoms with Crippen LogP contribution in [-0.4, -0.2) is 63.8 Å².